The summed E-state index contributed by atoms with van der Waals surface area (Å²) < 4.78 is 6.92. The molecule has 1 aliphatic rings. The van der Waals surface area contributed by atoms with Gasteiger partial charge in [-0.3, -0.25) is 4.79 Å². The van der Waals surface area contributed by atoms with Crippen LogP contribution in [0.5, 0.6) is 0 Å². The molecule has 1 saturated heterocycles. The van der Waals surface area contributed by atoms with E-state index in [9.17, 15) is 4.79 Å². The van der Waals surface area contributed by atoms with Crippen molar-refractivity contribution in [1.82, 2.24) is 19.9 Å². The molecule has 0 aliphatic carbocycles. The molecule has 22 heavy (non-hydrogen) atoms. The molecule has 0 atom stereocenters. The number of rotatable bonds is 4. The predicted molar refractivity (Wildman–Crippen MR) is 85.3 cm³/mol. The average molecular weight is 326 g/mol. The van der Waals surface area contributed by atoms with Crippen LogP contribution in [0.2, 0.25) is 0 Å². The van der Waals surface area contributed by atoms with Crippen LogP contribution in [0.3, 0.4) is 0 Å². The second-order valence-corrected chi connectivity index (χ2v) is 5.35. The molecule has 3 rings (SSSR count). The zero-order chi connectivity index (χ0) is 14.7. The molecule has 0 unspecified atom stereocenters. The van der Waals surface area contributed by atoms with Crippen molar-refractivity contribution in [3.8, 4) is 0 Å². The van der Waals surface area contributed by atoms with Crippen LogP contribution < -0.4 is 10.6 Å². The Labute approximate surface area is 134 Å². The third-order valence-electron chi connectivity index (χ3n) is 3.99. The summed E-state index contributed by atoms with van der Waals surface area (Å²) in [6.45, 7) is 2.07. The normalized spacial score (nSPS) is 17.0. The van der Waals surface area contributed by atoms with E-state index in [2.05, 4.69) is 20.7 Å². The van der Waals surface area contributed by atoms with Gasteiger partial charge in [-0.25, -0.2) is 4.98 Å². The van der Waals surface area contributed by atoms with E-state index in [1.807, 2.05) is 0 Å². The molecule has 8 heteroatoms. The highest BCUT2D eigenvalue weighted by molar-refractivity contribution is 5.95. The van der Waals surface area contributed by atoms with Crippen molar-refractivity contribution in [3.05, 3.63) is 24.5 Å². The Morgan fingerprint density at radius 3 is 2.91 bits per heavy atom. The van der Waals surface area contributed by atoms with Crippen LogP contribution in [0, 0.1) is 5.41 Å². The fourth-order valence-corrected chi connectivity index (χ4v) is 2.80. The molecule has 1 aliphatic heterocycles. The fourth-order valence-electron chi connectivity index (χ4n) is 2.80. The van der Waals surface area contributed by atoms with Crippen LogP contribution in [0.25, 0.3) is 5.65 Å². The number of halogens is 1. The number of ether oxygens (including phenoxy) is 1. The SMILES string of the molecule is COCC1(C(=O)Nc2ccnc3ccnn23)CCNCC1.Cl. The van der Waals surface area contributed by atoms with Gasteiger partial charge in [-0.15, -0.1) is 12.4 Å². The lowest BCUT2D eigenvalue weighted by Gasteiger charge is -2.35. The van der Waals surface area contributed by atoms with E-state index in [0.717, 1.165) is 25.9 Å². The second-order valence-electron chi connectivity index (χ2n) is 5.35. The van der Waals surface area contributed by atoms with Gasteiger partial charge in [-0.05, 0) is 32.0 Å². The van der Waals surface area contributed by atoms with Crippen LogP contribution in [-0.4, -0.2) is 47.3 Å². The maximum atomic E-state index is 12.8. The summed E-state index contributed by atoms with van der Waals surface area (Å²) in [7, 11) is 1.63. The lowest BCUT2D eigenvalue weighted by atomic mass is 9.78. The van der Waals surface area contributed by atoms with Gasteiger partial charge in [0.2, 0.25) is 5.91 Å². The minimum absolute atomic E-state index is 0. The van der Waals surface area contributed by atoms with Gasteiger partial charge in [0, 0.05) is 19.4 Å². The summed E-state index contributed by atoms with van der Waals surface area (Å²) >= 11 is 0. The summed E-state index contributed by atoms with van der Waals surface area (Å²) in [5, 5.41) is 10.4. The number of nitrogens with one attached hydrogen (secondary N) is 2. The van der Waals surface area contributed by atoms with Gasteiger partial charge >= 0.3 is 0 Å². The summed E-state index contributed by atoms with van der Waals surface area (Å²) in [4.78, 5) is 17.0. The first-order chi connectivity index (χ1) is 10.2. The largest absolute Gasteiger partial charge is 0.384 e. The summed E-state index contributed by atoms with van der Waals surface area (Å²) in [5.74, 6) is 0.609. The number of aromatic nitrogens is 3. The molecule has 0 saturated carbocycles. The van der Waals surface area contributed by atoms with Crippen LogP contribution in [0.4, 0.5) is 5.82 Å². The number of carbonyl (C=O) groups excluding carboxylic acids is 1. The standard InChI is InChI=1S/C14H19N5O2.ClH/c1-21-10-14(4-8-15-9-5-14)13(20)18-12-2-6-16-11-3-7-17-19(11)12;/h2-3,6-7,15H,4-5,8-10H2,1H3,(H,18,20);1H. The van der Waals surface area contributed by atoms with Crippen molar-refractivity contribution in [1.29, 1.82) is 0 Å². The molecule has 0 aromatic carbocycles. The maximum Gasteiger partial charge on any atom is 0.234 e. The molecule has 7 nitrogen and oxygen atoms in total. The van der Waals surface area contributed by atoms with Crippen molar-refractivity contribution >= 4 is 29.8 Å². The second kappa shape index (κ2) is 7.04. The Morgan fingerprint density at radius 1 is 1.41 bits per heavy atom. The first kappa shape index (κ1) is 16.7. The van der Waals surface area contributed by atoms with Crippen molar-refractivity contribution in [2.45, 2.75) is 12.8 Å². The molecule has 0 spiro atoms. The topological polar surface area (TPSA) is 80.5 Å². The van der Waals surface area contributed by atoms with E-state index in [1.165, 1.54) is 0 Å². The Bertz CT molecular complexity index is 633. The van der Waals surface area contributed by atoms with Gasteiger partial charge in [0.15, 0.2) is 5.65 Å². The quantitative estimate of drug-likeness (QED) is 0.880. The van der Waals surface area contributed by atoms with E-state index in [1.54, 1.807) is 36.2 Å². The summed E-state index contributed by atoms with van der Waals surface area (Å²) in [5.41, 5.74) is 0.224. The monoisotopic (exact) mass is 325 g/mol. The molecule has 1 amide bonds. The smallest absolute Gasteiger partial charge is 0.234 e. The third kappa shape index (κ3) is 3.06. The summed E-state index contributed by atoms with van der Waals surface area (Å²) in [6, 6.07) is 3.55. The van der Waals surface area contributed by atoms with E-state index in [0.29, 0.717) is 18.1 Å². The van der Waals surface area contributed by atoms with Gasteiger partial charge in [0.05, 0.1) is 18.2 Å². The number of hydrogen-bond donors (Lipinski definition) is 2. The van der Waals surface area contributed by atoms with Crippen molar-refractivity contribution in [3.63, 3.8) is 0 Å². The molecule has 0 radical (unpaired) electrons. The zero-order valence-electron chi connectivity index (χ0n) is 12.4. The molecule has 120 valence electrons. The molecule has 3 heterocycles. The predicted octanol–water partition coefficient (Wildman–Crippen LogP) is 1.11. The average Bonchev–Trinajstić information content (AvgIpc) is 2.98. The Morgan fingerprint density at radius 2 is 2.18 bits per heavy atom. The van der Waals surface area contributed by atoms with Crippen LogP contribution >= 0.6 is 12.4 Å². The number of hydrogen-bond acceptors (Lipinski definition) is 5. The minimum Gasteiger partial charge on any atom is -0.384 e. The highest BCUT2D eigenvalue weighted by atomic mass is 35.5. The lowest BCUT2D eigenvalue weighted by Crippen LogP contribution is -2.47. The van der Waals surface area contributed by atoms with Crippen LogP contribution in [0.15, 0.2) is 24.5 Å². The maximum absolute atomic E-state index is 12.8. The number of piperidine rings is 1. The third-order valence-corrected chi connectivity index (χ3v) is 3.99. The van der Waals surface area contributed by atoms with Gasteiger partial charge in [-0.1, -0.05) is 0 Å². The number of methoxy groups -OCH3 is 1. The Balaban J connectivity index is 0.00000176. The van der Waals surface area contributed by atoms with Crippen molar-refractivity contribution in [2.75, 3.05) is 32.1 Å². The highest BCUT2D eigenvalue weighted by Gasteiger charge is 2.39. The van der Waals surface area contributed by atoms with Crippen molar-refractivity contribution < 1.29 is 9.53 Å². The molecule has 1 fully saturated rings. The van der Waals surface area contributed by atoms with Gasteiger partial charge in [-0.2, -0.15) is 9.61 Å². The Kier molecular flexibility index (Phi) is 5.33. The lowest BCUT2D eigenvalue weighted by molar-refractivity contribution is -0.130. The molecule has 0 bridgehead atoms. The number of nitrogens with zero attached hydrogens (tertiary/aromatic N) is 3. The molecular formula is C14H20ClN5O2. The molecule has 2 N–H and O–H groups in total. The highest BCUT2D eigenvalue weighted by Crippen LogP contribution is 2.30. The van der Waals surface area contributed by atoms with Gasteiger partial charge in [0.1, 0.15) is 5.82 Å². The van der Waals surface area contributed by atoms with E-state index >= 15 is 0 Å². The first-order valence-electron chi connectivity index (χ1n) is 7.05. The van der Waals surface area contributed by atoms with E-state index in [-0.39, 0.29) is 18.3 Å². The van der Waals surface area contributed by atoms with Gasteiger partial charge < -0.3 is 15.4 Å². The Hall–Kier alpha value is -1.70. The molecule has 2 aromatic rings. The van der Waals surface area contributed by atoms with E-state index in [4.69, 9.17) is 4.74 Å². The van der Waals surface area contributed by atoms with Crippen LogP contribution in [-0.2, 0) is 9.53 Å². The fraction of sp³-hybridized carbons (Fsp3) is 0.500. The van der Waals surface area contributed by atoms with Crippen molar-refractivity contribution in [2.24, 2.45) is 5.41 Å². The van der Waals surface area contributed by atoms with Crippen LogP contribution in [0.1, 0.15) is 12.8 Å². The minimum atomic E-state index is -0.483. The number of amides is 1. The number of anilines is 1. The van der Waals surface area contributed by atoms with Gasteiger partial charge in [0.25, 0.3) is 0 Å². The van der Waals surface area contributed by atoms with E-state index < -0.39 is 5.41 Å². The first-order valence-corrected chi connectivity index (χ1v) is 7.05. The zero-order valence-corrected chi connectivity index (χ0v) is 13.2. The number of carbonyl (C=O) groups is 1. The summed E-state index contributed by atoms with van der Waals surface area (Å²) in [6.07, 6.45) is 4.85. The molecular weight excluding hydrogens is 306 g/mol. The molecule has 2 aromatic heterocycles. The number of fused-ring (bicyclic) bond motifs is 1.